The lowest BCUT2D eigenvalue weighted by atomic mass is 9.43. The van der Waals surface area contributed by atoms with Crippen molar-refractivity contribution in [3.8, 4) is 0 Å². The van der Waals surface area contributed by atoms with Crippen LogP contribution in [0, 0.1) is 35.0 Å². The average Bonchev–Trinajstić information content (AvgIpc) is 3.39. The fourth-order valence-corrected chi connectivity index (χ4v) is 8.08. The van der Waals surface area contributed by atoms with Gasteiger partial charge in [0.2, 0.25) is 23.6 Å². The minimum Gasteiger partial charge on any atom is -0.463 e. The molecular weight excluding hydrogens is 520 g/mol. The van der Waals surface area contributed by atoms with Crippen molar-refractivity contribution in [1.82, 2.24) is 0 Å². The zero-order valence-electron chi connectivity index (χ0n) is 24.0. The molecule has 8 nitrogen and oxygen atoms in total. The van der Waals surface area contributed by atoms with E-state index in [1.807, 2.05) is 38.1 Å². The number of carbonyl (C=O) groups excluding carboxylic acids is 5. The Hall–Kier alpha value is -4.07. The van der Waals surface area contributed by atoms with Crippen LogP contribution in [0.15, 0.2) is 59.7 Å². The maximum absolute atomic E-state index is 14.3. The first-order valence-electron chi connectivity index (χ1n) is 14.4. The fraction of sp³-hybridized carbons (Fsp3) is 0.424. The Kier molecular flexibility index (Phi) is 6.28. The van der Waals surface area contributed by atoms with E-state index in [0.29, 0.717) is 16.9 Å². The summed E-state index contributed by atoms with van der Waals surface area (Å²) in [4.78, 5) is 72.7. The minimum absolute atomic E-state index is 0.115. The number of hydrogen-bond donors (Lipinski definition) is 0. The smallest absolute Gasteiger partial charge is 0.334 e. The van der Waals surface area contributed by atoms with E-state index >= 15 is 0 Å². The van der Waals surface area contributed by atoms with Gasteiger partial charge in [0.15, 0.2) is 0 Å². The lowest BCUT2D eigenvalue weighted by Crippen LogP contribution is -2.61. The molecule has 8 heteroatoms. The molecule has 2 aliphatic heterocycles. The molecule has 2 unspecified atom stereocenters. The molecule has 5 aliphatic rings. The van der Waals surface area contributed by atoms with Gasteiger partial charge in [0.1, 0.15) is 0 Å². The van der Waals surface area contributed by atoms with Crippen molar-refractivity contribution in [3.05, 3.63) is 70.8 Å². The Bertz CT molecular complexity index is 1430. The number of amides is 4. The van der Waals surface area contributed by atoms with Gasteiger partial charge in [0.25, 0.3) is 0 Å². The maximum Gasteiger partial charge on any atom is 0.334 e. The Labute approximate surface area is 239 Å². The molecular formula is C33H34N2O6. The molecule has 3 aliphatic carbocycles. The Morgan fingerprint density at radius 2 is 1.12 bits per heavy atom. The molecule has 2 saturated heterocycles. The zero-order valence-corrected chi connectivity index (χ0v) is 24.0. The van der Waals surface area contributed by atoms with Crippen molar-refractivity contribution in [2.24, 2.45) is 35.0 Å². The van der Waals surface area contributed by atoms with Gasteiger partial charge in [-0.05, 0) is 62.1 Å². The number of imide groups is 2. The maximum atomic E-state index is 14.3. The molecule has 3 fully saturated rings. The van der Waals surface area contributed by atoms with Gasteiger partial charge < -0.3 is 4.74 Å². The summed E-state index contributed by atoms with van der Waals surface area (Å²) in [5.41, 5.74) is 2.43. The number of nitrogens with zero attached hydrogens (tertiary/aromatic N) is 2. The van der Waals surface area contributed by atoms with Crippen LogP contribution in [0.25, 0.3) is 0 Å². The van der Waals surface area contributed by atoms with Crippen molar-refractivity contribution >= 4 is 41.0 Å². The van der Waals surface area contributed by atoms with Crippen LogP contribution in [0.3, 0.4) is 0 Å². The molecule has 4 amide bonds. The van der Waals surface area contributed by atoms with E-state index in [1.165, 1.54) is 9.80 Å². The molecule has 6 atom stereocenters. The van der Waals surface area contributed by atoms with Crippen LogP contribution in [0.4, 0.5) is 11.4 Å². The van der Waals surface area contributed by atoms with Crippen LogP contribution < -0.4 is 9.80 Å². The quantitative estimate of drug-likeness (QED) is 0.391. The van der Waals surface area contributed by atoms with Crippen molar-refractivity contribution in [3.63, 3.8) is 0 Å². The molecule has 212 valence electrons. The summed E-state index contributed by atoms with van der Waals surface area (Å²) in [5, 5.41) is 0. The molecule has 2 aromatic rings. The van der Waals surface area contributed by atoms with Crippen molar-refractivity contribution in [2.45, 2.75) is 47.5 Å². The van der Waals surface area contributed by atoms with Gasteiger partial charge in [0, 0.05) is 16.9 Å². The number of hydrogen-bond acceptors (Lipinski definition) is 6. The summed E-state index contributed by atoms with van der Waals surface area (Å²) in [6, 6.07) is 14.5. The average molecular weight is 555 g/mol. The lowest BCUT2D eigenvalue weighted by molar-refractivity contribution is -0.155. The van der Waals surface area contributed by atoms with Gasteiger partial charge in [-0.2, -0.15) is 0 Å². The highest BCUT2D eigenvalue weighted by Gasteiger charge is 2.77. The van der Waals surface area contributed by atoms with E-state index in [9.17, 15) is 24.0 Å². The van der Waals surface area contributed by atoms with Crippen molar-refractivity contribution in [1.29, 1.82) is 0 Å². The molecule has 2 bridgehead atoms. The van der Waals surface area contributed by atoms with Crippen LogP contribution in [-0.4, -0.2) is 36.2 Å². The number of benzene rings is 2. The number of ether oxygens (including phenoxy) is 1. The molecule has 0 spiro atoms. The number of esters is 1. The number of rotatable bonds is 6. The molecule has 2 aromatic carbocycles. The van der Waals surface area contributed by atoms with Gasteiger partial charge >= 0.3 is 5.97 Å². The van der Waals surface area contributed by atoms with Crippen LogP contribution >= 0.6 is 0 Å². The summed E-state index contributed by atoms with van der Waals surface area (Å²) in [6.45, 7) is 9.30. The van der Waals surface area contributed by atoms with Crippen LogP contribution in [0.2, 0.25) is 0 Å². The number of anilines is 2. The van der Waals surface area contributed by atoms with Gasteiger partial charge in [-0.1, -0.05) is 50.6 Å². The summed E-state index contributed by atoms with van der Waals surface area (Å²) >= 11 is 0. The first-order chi connectivity index (χ1) is 19.6. The van der Waals surface area contributed by atoms with Crippen molar-refractivity contribution in [2.75, 3.05) is 16.4 Å². The Balaban J connectivity index is 1.51. The lowest BCUT2D eigenvalue weighted by Gasteiger charge is -2.55. The SMILES string of the molecule is CCOC(=O)C1=C(C)C2[C@H]3C(=O)N(c4ccc(CC)cc4)C(=O)[C@H]3C1(C)[C@@H]1C(=O)N(c3ccc(CC)cc3)C(=O)[C@@H]21. The van der Waals surface area contributed by atoms with E-state index in [0.717, 1.165) is 24.0 Å². The topological polar surface area (TPSA) is 101 Å². The van der Waals surface area contributed by atoms with Gasteiger partial charge in [-0.15, -0.1) is 0 Å². The second kappa shape index (κ2) is 9.50. The molecule has 7 rings (SSSR count). The third-order valence-electron chi connectivity index (χ3n) is 9.89. The zero-order chi connectivity index (χ0) is 29.4. The molecule has 0 radical (unpaired) electrons. The predicted octanol–water partition coefficient (Wildman–Crippen LogP) is 4.25. The van der Waals surface area contributed by atoms with Gasteiger partial charge in [-0.3, -0.25) is 29.0 Å². The monoisotopic (exact) mass is 554 g/mol. The molecule has 0 aromatic heterocycles. The highest BCUT2D eigenvalue weighted by molar-refractivity contribution is 6.27. The van der Waals surface area contributed by atoms with E-state index in [1.54, 1.807) is 45.0 Å². The summed E-state index contributed by atoms with van der Waals surface area (Å²) in [6.07, 6.45) is 1.62. The summed E-state index contributed by atoms with van der Waals surface area (Å²) < 4.78 is 5.45. The standard InChI is InChI=1S/C33H34N2O6/c1-6-18-9-13-20(14-10-18)34-28(36)23-22-17(4)25(32(40)41-8-3)33(5,26(23)30(34)38)27-24(22)29(37)35(31(27)39)21-15-11-19(7-2)12-16-21/h9-16,22-24,26-27H,6-8H2,1-5H3/t22?,23-,24+,26-,27-,33?/m0/s1. The van der Waals surface area contributed by atoms with E-state index in [2.05, 4.69) is 0 Å². The van der Waals surface area contributed by atoms with Crippen LogP contribution in [-0.2, 0) is 41.6 Å². The van der Waals surface area contributed by atoms with Crippen molar-refractivity contribution < 1.29 is 28.7 Å². The normalized spacial score (nSPS) is 30.3. The highest BCUT2D eigenvalue weighted by atomic mass is 16.5. The largest absolute Gasteiger partial charge is 0.463 e. The summed E-state index contributed by atoms with van der Waals surface area (Å²) in [7, 11) is 0. The van der Waals surface area contributed by atoms with E-state index < -0.39 is 64.6 Å². The van der Waals surface area contributed by atoms with Gasteiger partial charge in [-0.25, -0.2) is 4.79 Å². The van der Waals surface area contributed by atoms with E-state index in [4.69, 9.17) is 4.74 Å². The second-order valence-corrected chi connectivity index (χ2v) is 11.7. The number of carbonyl (C=O) groups is 5. The number of aryl methyl sites for hydroxylation is 2. The predicted molar refractivity (Wildman–Crippen MR) is 152 cm³/mol. The van der Waals surface area contributed by atoms with Gasteiger partial charge in [0.05, 0.1) is 41.7 Å². The van der Waals surface area contributed by atoms with E-state index in [-0.39, 0.29) is 12.2 Å². The molecule has 0 N–H and O–H groups in total. The molecule has 1 saturated carbocycles. The Morgan fingerprint density at radius 1 is 0.707 bits per heavy atom. The van der Waals surface area contributed by atoms with Crippen LogP contribution in [0.1, 0.15) is 45.7 Å². The fourth-order valence-electron chi connectivity index (χ4n) is 8.08. The first-order valence-corrected chi connectivity index (χ1v) is 14.4. The van der Waals surface area contributed by atoms with Crippen LogP contribution in [0.5, 0.6) is 0 Å². The molecule has 41 heavy (non-hydrogen) atoms. The minimum atomic E-state index is -1.41. The summed E-state index contributed by atoms with van der Waals surface area (Å²) in [5.74, 6) is -6.76. The third-order valence-corrected chi connectivity index (χ3v) is 9.89. The second-order valence-electron chi connectivity index (χ2n) is 11.7. The number of allylic oxidation sites excluding steroid dienone is 1. The highest BCUT2D eigenvalue weighted by Crippen LogP contribution is 2.68. The third kappa shape index (κ3) is 3.49. The molecule has 2 heterocycles. The Morgan fingerprint density at radius 3 is 1.49 bits per heavy atom. The first kappa shape index (κ1) is 27.1.